The smallest absolute Gasteiger partial charge is 0.227 e. The third-order valence-corrected chi connectivity index (χ3v) is 4.82. The minimum atomic E-state index is -0.110. The molecule has 1 unspecified atom stereocenters. The van der Waals surface area contributed by atoms with E-state index in [9.17, 15) is 9.59 Å². The molecule has 1 fully saturated rings. The average Bonchev–Trinajstić information content (AvgIpc) is 2.63. The zero-order valence-corrected chi connectivity index (χ0v) is 16.2. The van der Waals surface area contributed by atoms with Gasteiger partial charge in [-0.25, -0.2) is 0 Å². The first-order valence-electron chi connectivity index (χ1n) is 8.52. The molecule has 1 aliphatic rings. The predicted octanol–water partition coefficient (Wildman–Crippen LogP) is 3.55. The Morgan fingerprint density at radius 2 is 1.85 bits per heavy atom. The van der Waals surface area contributed by atoms with E-state index in [0.717, 1.165) is 21.3 Å². The van der Waals surface area contributed by atoms with E-state index in [0.29, 0.717) is 26.1 Å². The van der Waals surface area contributed by atoms with Crippen LogP contribution in [0.1, 0.15) is 24.2 Å². The highest BCUT2D eigenvalue weighted by atomic mass is 79.9. The SMILES string of the molecule is CC(=O)Nc1ccc(CC(=O)N2CCOC(c3ccc(Br)cc3)C2)cc1. The number of hydrogen-bond acceptors (Lipinski definition) is 3. The summed E-state index contributed by atoms with van der Waals surface area (Å²) in [6.45, 7) is 3.17. The van der Waals surface area contributed by atoms with E-state index < -0.39 is 0 Å². The average molecular weight is 417 g/mol. The molecular formula is C20H21BrN2O3. The van der Waals surface area contributed by atoms with Crippen molar-refractivity contribution in [1.29, 1.82) is 0 Å². The Morgan fingerprint density at radius 1 is 1.15 bits per heavy atom. The monoisotopic (exact) mass is 416 g/mol. The molecule has 6 heteroatoms. The van der Waals surface area contributed by atoms with Gasteiger partial charge in [0.15, 0.2) is 0 Å². The van der Waals surface area contributed by atoms with E-state index in [1.54, 1.807) is 0 Å². The standard InChI is InChI=1S/C20H21BrN2O3/c1-14(24)22-18-8-2-15(3-9-18)12-20(25)23-10-11-26-19(13-23)16-4-6-17(21)7-5-16/h2-9,19H,10-13H2,1H3,(H,22,24). The van der Waals surface area contributed by atoms with Crippen molar-refractivity contribution < 1.29 is 14.3 Å². The molecule has 2 amide bonds. The van der Waals surface area contributed by atoms with Crippen LogP contribution < -0.4 is 5.32 Å². The molecule has 1 saturated heterocycles. The summed E-state index contributed by atoms with van der Waals surface area (Å²) in [6, 6.07) is 15.4. The van der Waals surface area contributed by atoms with Crippen molar-refractivity contribution in [3.8, 4) is 0 Å². The number of nitrogens with zero attached hydrogens (tertiary/aromatic N) is 1. The quantitative estimate of drug-likeness (QED) is 0.828. The van der Waals surface area contributed by atoms with Gasteiger partial charge in [0.1, 0.15) is 6.10 Å². The first-order valence-corrected chi connectivity index (χ1v) is 9.32. The molecule has 136 valence electrons. The minimum Gasteiger partial charge on any atom is -0.370 e. The number of ether oxygens (including phenoxy) is 1. The van der Waals surface area contributed by atoms with Crippen LogP contribution >= 0.6 is 15.9 Å². The largest absolute Gasteiger partial charge is 0.370 e. The van der Waals surface area contributed by atoms with E-state index in [4.69, 9.17) is 4.74 Å². The lowest BCUT2D eigenvalue weighted by Gasteiger charge is -2.33. The molecule has 26 heavy (non-hydrogen) atoms. The second kappa shape index (κ2) is 8.47. The second-order valence-electron chi connectivity index (χ2n) is 6.31. The number of nitrogens with one attached hydrogen (secondary N) is 1. The molecule has 0 spiro atoms. The molecule has 1 heterocycles. The van der Waals surface area contributed by atoms with Crippen LogP contribution in [-0.2, 0) is 20.7 Å². The van der Waals surface area contributed by atoms with Crippen LogP contribution in [0.3, 0.4) is 0 Å². The Kier molecular flexibility index (Phi) is 6.06. The van der Waals surface area contributed by atoms with Crippen molar-refractivity contribution in [2.24, 2.45) is 0 Å². The van der Waals surface area contributed by atoms with Crippen LogP contribution in [0.2, 0.25) is 0 Å². The number of morpholine rings is 1. The lowest BCUT2D eigenvalue weighted by atomic mass is 10.1. The van der Waals surface area contributed by atoms with Gasteiger partial charge in [0.2, 0.25) is 11.8 Å². The molecule has 0 aromatic heterocycles. The fraction of sp³-hybridized carbons (Fsp3) is 0.300. The molecule has 5 nitrogen and oxygen atoms in total. The molecule has 3 rings (SSSR count). The van der Waals surface area contributed by atoms with E-state index >= 15 is 0 Å². The maximum absolute atomic E-state index is 12.7. The van der Waals surface area contributed by atoms with Gasteiger partial charge < -0.3 is 15.0 Å². The number of hydrogen-bond donors (Lipinski definition) is 1. The molecule has 1 N–H and O–H groups in total. The fourth-order valence-corrected chi connectivity index (χ4v) is 3.21. The zero-order chi connectivity index (χ0) is 18.5. The number of anilines is 1. The van der Waals surface area contributed by atoms with Gasteiger partial charge in [0.05, 0.1) is 19.6 Å². The van der Waals surface area contributed by atoms with Crippen LogP contribution in [0.15, 0.2) is 53.0 Å². The number of rotatable bonds is 4. The van der Waals surface area contributed by atoms with Gasteiger partial charge in [-0.3, -0.25) is 9.59 Å². The van der Waals surface area contributed by atoms with E-state index in [1.807, 2.05) is 53.4 Å². The van der Waals surface area contributed by atoms with E-state index in [2.05, 4.69) is 21.2 Å². The Balaban J connectivity index is 1.60. The van der Waals surface area contributed by atoms with Crippen LogP contribution in [0, 0.1) is 0 Å². The molecule has 1 aliphatic heterocycles. The van der Waals surface area contributed by atoms with Crippen LogP contribution in [0.25, 0.3) is 0 Å². The van der Waals surface area contributed by atoms with Crippen molar-refractivity contribution in [1.82, 2.24) is 4.90 Å². The summed E-state index contributed by atoms with van der Waals surface area (Å²) in [5, 5.41) is 2.72. The number of halogens is 1. The van der Waals surface area contributed by atoms with Gasteiger partial charge >= 0.3 is 0 Å². The summed E-state index contributed by atoms with van der Waals surface area (Å²) < 4.78 is 6.86. The van der Waals surface area contributed by atoms with Gasteiger partial charge in [-0.05, 0) is 35.4 Å². The molecule has 0 saturated carbocycles. The first kappa shape index (κ1) is 18.6. The summed E-state index contributed by atoms with van der Waals surface area (Å²) in [6.07, 6.45) is 0.246. The Hall–Kier alpha value is -2.18. The van der Waals surface area contributed by atoms with E-state index in [-0.39, 0.29) is 17.9 Å². The molecular weight excluding hydrogens is 396 g/mol. The summed E-state index contributed by atoms with van der Waals surface area (Å²) in [4.78, 5) is 25.6. The van der Waals surface area contributed by atoms with Gasteiger partial charge in [-0.15, -0.1) is 0 Å². The summed E-state index contributed by atoms with van der Waals surface area (Å²) in [5.41, 5.74) is 2.73. The van der Waals surface area contributed by atoms with Crippen LogP contribution in [0.4, 0.5) is 5.69 Å². The minimum absolute atomic E-state index is 0.0858. The first-order chi connectivity index (χ1) is 12.5. The van der Waals surface area contributed by atoms with Gasteiger partial charge in [0, 0.05) is 23.6 Å². The lowest BCUT2D eigenvalue weighted by Crippen LogP contribution is -2.42. The molecule has 2 aromatic carbocycles. The third-order valence-electron chi connectivity index (χ3n) is 4.29. The molecule has 1 atom stereocenters. The van der Waals surface area contributed by atoms with E-state index in [1.165, 1.54) is 6.92 Å². The van der Waals surface area contributed by atoms with Crippen LogP contribution in [0.5, 0.6) is 0 Å². The van der Waals surface area contributed by atoms with Crippen molar-refractivity contribution in [3.63, 3.8) is 0 Å². The second-order valence-corrected chi connectivity index (χ2v) is 7.22. The highest BCUT2D eigenvalue weighted by Crippen LogP contribution is 2.24. The third kappa shape index (κ3) is 4.93. The van der Waals surface area contributed by atoms with Crippen molar-refractivity contribution in [3.05, 3.63) is 64.1 Å². The number of benzene rings is 2. The number of carbonyl (C=O) groups excluding carboxylic acids is 2. The zero-order valence-electron chi connectivity index (χ0n) is 14.6. The van der Waals surface area contributed by atoms with Gasteiger partial charge in [-0.2, -0.15) is 0 Å². The summed E-state index contributed by atoms with van der Waals surface area (Å²) >= 11 is 3.43. The maximum atomic E-state index is 12.7. The van der Waals surface area contributed by atoms with Gasteiger partial charge in [-0.1, -0.05) is 40.2 Å². The Morgan fingerprint density at radius 3 is 2.50 bits per heavy atom. The van der Waals surface area contributed by atoms with Gasteiger partial charge in [0.25, 0.3) is 0 Å². The fourth-order valence-electron chi connectivity index (χ4n) is 2.95. The molecule has 2 aromatic rings. The molecule has 0 radical (unpaired) electrons. The highest BCUT2D eigenvalue weighted by molar-refractivity contribution is 9.10. The topological polar surface area (TPSA) is 58.6 Å². The molecule has 0 aliphatic carbocycles. The summed E-state index contributed by atoms with van der Waals surface area (Å²) in [7, 11) is 0. The molecule has 0 bridgehead atoms. The van der Waals surface area contributed by atoms with Crippen LogP contribution in [-0.4, -0.2) is 36.4 Å². The maximum Gasteiger partial charge on any atom is 0.227 e. The summed E-state index contributed by atoms with van der Waals surface area (Å²) in [5.74, 6) is -0.0242. The normalized spacial score (nSPS) is 17.0. The van der Waals surface area contributed by atoms with Crippen molar-refractivity contribution in [2.75, 3.05) is 25.0 Å². The number of amides is 2. The van der Waals surface area contributed by atoms with Crippen molar-refractivity contribution >= 4 is 33.4 Å². The van der Waals surface area contributed by atoms with Crippen molar-refractivity contribution in [2.45, 2.75) is 19.4 Å². The Labute approximate surface area is 161 Å². The lowest BCUT2D eigenvalue weighted by molar-refractivity contribution is -0.138. The number of carbonyl (C=O) groups is 2. The highest BCUT2D eigenvalue weighted by Gasteiger charge is 2.25. The predicted molar refractivity (Wildman–Crippen MR) is 104 cm³/mol. The Bertz CT molecular complexity index is 775.